The van der Waals surface area contributed by atoms with Gasteiger partial charge in [-0.1, -0.05) is 13.3 Å². The molecule has 3 heteroatoms. The van der Waals surface area contributed by atoms with Crippen LogP contribution in [0.15, 0.2) is 0 Å². The van der Waals surface area contributed by atoms with E-state index in [-0.39, 0.29) is 13.9 Å². The lowest BCUT2D eigenvalue weighted by atomic mass is 10.3. The Kier molecular flexibility index (Phi) is 4.36. The third kappa shape index (κ3) is 3.06. The van der Waals surface area contributed by atoms with Crippen LogP contribution >= 0.6 is 8.07 Å². The molecule has 0 saturated carbocycles. The quantitative estimate of drug-likeness (QED) is 0.505. The number of hydrogen-bond acceptors (Lipinski definition) is 2. The second-order valence-electron chi connectivity index (χ2n) is 3.08. The van der Waals surface area contributed by atoms with Crippen molar-refractivity contribution >= 4 is 8.07 Å². The summed E-state index contributed by atoms with van der Waals surface area (Å²) in [6.07, 6.45) is 5.94. The lowest BCUT2D eigenvalue weighted by molar-refractivity contribution is 0.254. The fraction of sp³-hybridized carbons (Fsp3) is 1.00. The molecule has 1 rings (SSSR count). The Morgan fingerprint density at radius 1 is 1.64 bits per heavy atom. The van der Waals surface area contributed by atoms with E-state index in [1.807, 2.05) is 0 Å². The maximum Gasteiger partial charge on any atom is 0.0865 e. The van der Waals surface area contributed by atoms with Crippen molar-refractivity contribution in [3.63, 3.8) is 0 Å². The van der Waals surface area contributed by atoms with Gasteiger partial charge in [0.2, 0.25) is 0 Å². The molecular weight excluding hydrogens is 157 g/mol. The first-order valence-corrected chi connectivity index (χ1v) is 6.12. The summed E-state index contributed by atoms with van der Waals surface area (Å²) in [6.45, 7) is 3.29. The van der Waals surface area contributed by atoms with E-state index >= 15 is 0 Å². The predicted octanol–water partition coefficient (Wildman–Crippen LogP) is 1.89. The van der Waals surface area contributed by atoms with Crippen molar-refractivity contribution in [2.24, 2.45) is 0 Å². The summed E-state index contributed by atoms with van der Waals surface area (Å²) in [5.41, 5.74) is 0. The minimum Gasteiger partial charge on any atom is -0.387 e. The molecule has 1 aliphatic heterocycles. The van der Waals surface area contributed by atoms with E-state index < -0.39 is 0 Å². The molecule has 0 aliphatic carbocycles. The zero-order chi connectivity index (χ0) is 8.10. The summed E-state index contributed by atoms with van der Waals surface area (Å²) in [7, 11) is -0.212. The second-order valence-corrected chi connectivity index (χ2v) is 5.38. The highest BCUT2D eigenvalue weighted by atomic mass is 31.1. The van der Waals surface area contributed by atoms with Crippen LogP contribution in [-0.2, 0) is 0 Å². The number of hydrogen-bond donors (Lipinski definition) is 2. The monoisotopic (exact) mass is 175 g/mol. The van der Waals surface area contributed by atoms with Gasteiger partial charge < -0.3 is 5.11 Å². The number of aliphatic hydroxyl groups excluding tert-OH is 1. The first kappa shape index (κ1) is 9.44. The number of nitrogens with one attached hydrogen (secondary N) is 1. The zero-order valence-electron chi connectivity index (χ0n) is 7.21. The highest BCUT2D eigenvalue weighted by Crippen LogP contribution is 2.44. The van der Waals surface area contributed by atoms with Gasteiger partial charge in [0.1, 0.15) is 0 Å². The van der Waals surface area contributed by atoms with E-state index in [1.54, 1.807) is 0 Å². The fourth-order valence-electron chi connectivity index (χ4n) is 1.33. The Hall–Kier alpha value is 0.350. The van der Waals surface area contributed by atoms with Crippen molar-refractivity contribution in [2.45, 2.75) is 38.5 Å². The van der Waals surface area contributed by atoms with Crippen LogP contribution < -0.4 is 5.09 Å². The first-order chi connectivity index (χ1) is 5.34. The zero-order valence-corrected chi connectivity index (χ0v) is 8.11. The van der Waals surface area contributed by atoms with Crippen LogP contribution in [0.25, 0.3) is 0 Å². The molecule has 1 heterocycles. The van der Waals surface area contributed by atoms with Gasteiger partial charge in [0.15, 0.2) is 0 Å². The van der Waals surface area contributed by atoms with Crippen molar-refractivity contribution in [2.75, 3.05) is 12.7 Å². The van der Waals surface area contributed by atoms with Crippen LogP contribution in [-0.4, -0.2) is 23.7 Å². The molecule has 1 aliphatic rings. The Bertz CT molecular complexity index is 110. The molecule has 1 fully saturated rings. The smallest absolute Gasteiger partial charge is 0.0865 e. The second kappa shape index (κ2) is 5.08. The van der Waals surface area contributed by atoms with Gasteiger partial charge >= 0.3 is 0 Å². The number of rotatable bonds is 4. The van der Waals surface area contributed by atoms with Crippen molar-refractivity contribution in [1.29, 1.82) is 0 Å². The highest BCUT2D eigenvalue weighted by Gasteiger charge is 2.23. The molecule has 2 unspecified atom stereocenters. The maximum atomic E-state index is 9.45. The van der Waals surface area contributed by atoms with Gasteiger partial charge in [-0.15, -0.1) is 0 Å². The average Bonchev–Trinajstić information content (AvgIpc) is 2.37. The van der Waals surface area contributed by atoms with E-state index in [0.717, 1.165) is 13.0 Å². The van der Waals surface area contributed by atoms with Gasteiger partial charge in [-0.3, -0.25) is 5.09 Å². The minimum atomic E-state index is -0.212. The van der Waals surface area contributed by atoms with Crippen LogP contribution in [0, 0.1) is 0 Å². The SMILES string of the molecule is CCCCNP1CCCC1O. The third-order valence-corrected chi connectivity index (χ3v) is 4.47. The van der Waals surface area contributed by atoms with E-state index in [9.17, 15) is 5.11 Å². The van der Waals surface area contributed by atoms with Gasteiger partial charge in [-0.2, -0.15) is 0 Å². The molecule has 2 N–H and O–H groups in total. The minimum absolute atomic E-state index is 0.0122. The first-order valence-electron chi connectivity index (χ1n) is 4.53. The molecule has 11 heavy (non-hydrogen) atoms. The molecule has 66 valence electrons. The summed E-state index contributed by atoms with van der Waals surface area (Å²) in [6, 6.07) is 0. The summed E-state index contributed by atoms with van der Waals surface area (Å²) < 4.78 is 0. The molecule has 0 aromatic heterocycles. The molecule has 0 bridgehead atoms. The molecule has 0 spiro atoms. The molecule has 0 aromatic rings. The molecule has 2 nitrogen and oxygen atoms in total. The van der Waals surface area contributed by atoms with Gasteiger partial charge in [0.05, 0.1) is 5.85 Å². The van der Waals surface area contributed by atoms with Gasteiger partial charge in [0, 0.05) is 0 Å². The molecule has 0 radical (unpaired) electrons. The van der Waals surface area contributed by atoms with Crippen LogP contribution in [0.5, 0.6) is 0 Å². The third-order valence-electron chi connectivity index (χ3n) is 2.07. The average molecular weight is 175 g/mol. The van der Waals surface area contributed by atoms with Crippen molar-refractivity contribution < 1.29 is 5.11 Å². The summed E-state index contributed by atoms with van der Waals surface area (Å²) in [4.78, 5) is 0. The Balaban J connectivity index is 2.05. The summed E-state index contributed by atoms with van der Waals surface area (Å²) in [5, 5.41) is 12.9. The van der Waals surface area contributed by atoms with Crippen LogP contribution in [0.2, 0.25) is 0 Å². The Labute approximate surface area is 70.2 Å². The normalized spacial score (nSPS) is 31.1. The van der Waals surface area contributed by atoms with Crippen LogP contribution in [0.4, 0.5) is 0 Å². The maximum absolute atomic E-state index is 9.45. The number of aliphatic hydroxyl groups is 1. The molecule has 0 aromatic carbocycles. The molecule has 1 saturated heterocycles. The lowest BCUT2D eigenvalue weighted by Gasteiger charge is -2.15. The fourth-order valence-corrected chi connectivity index (χ4v) is 3.46. The Morgan fingerprint density at radius 3 is 3.00 bits per heavy atom. The van der Waals surface area contributed by atoms with Gasteiger partial charge in [-0.05, 0) is 40.0 Å². The number of unbranched alkanes of at least 4 members (excludes halogenated alkanes) is 1. The molecule has 2 atom stereocenters. The van der Waals surface area contributed by atoms with E-state index in [0.29, 0.717) is 0 Å². The highest BCUT2D eigenvalue weighted by molar-refractivity contribution is 7.56. The summed E-state index contributed by atoms with van der Waals surface area (Å²) in [5.74, 6) is -0.0122. The van der Waals surface area contributed by atoms with Gasteiger partial charge in [0.25, 0.3) is 0 Å². The van der Waals surface area contributed by atoms with Crippen molar-refractivity contribution in [1.82, 2.24) is 5.09 Å². The van der Waals surface area contributed by atoms with E-state index in [1.165, 1.54) is 25.4 Å². The van der Waals surface area contributed by atoms with Crippen molar-refractivity contribution in [3.05, 3.63) is 0 Å². The lowest BCUT2D eigenvalue weighted by Crippen LogP contribution is -2.14. The van der Waals surface area contributed by atoms with Gasteiger partial charge in [-0.25, -0.2) is 0 Å². The largest absolute Gasteiger partial charge is 0.387 e. The van der Waals surface area contributed by atoms with E-state index in [4.69, 9.17) is 0 Å². The Morgan fingerprint density at radius 2 is 2.45 bits per heavy atom. The molecular formula is C8H18NOP. The predicted molar refractivity (Wildman–Crippen MR) is 49.9 cm³/mol. The van der Waals surface area contributed by atoms with Crippen molar-refractivity contribution in [3.8, 4) is 0 Å². The van der Waals surface area contributed by atoms with E-state index in [2.05, 4.69) is 12.0 Å². The standard InChI is InChI=1S/C8H18NOP/c1-2-3-6-9-11-7-4-5-8(11)10/h8-10H,2-7H2,1H3. The van der Waals surface area contributed by atoms with Crippen LogP contribution in [0.3, 0.4) is 0 Å². The topological polar surface area (TPSA) is 32.3 Å². The molecule has 0 amide bonds. The van der Waals surface area contributed by atoms with Crippen LogP contribution in [0.1, 0.15) is 32.6 Å². The summed E-state index contributed by atoms with van der Waals surface area (Å²) >= 11 is 0.